The Labute approximate surface area is 151 Å². The van der Waals surface area contributed by atoms with Crippen LogP contribution in [0.4, 0.5) is 12.9 Å². The van der Waals surface area contributed by atoms with Gasteiger partial charge >= 0.3 is 64.3 Å². The Morgan fingerprint density at radius 2 is 2.05 bits per heavy atom. The van der Waals surface area contributed by atoms with Gasteiger partial charge < -0.3 is 22.8 Å². The zero-order chi connectivity index (χ0) is 13.4. The van der Waals surface area contributed by atoms with Crippen LogP contribution in [0, 0.1) is 0 Å². The first kappa shape index (κ1) is 17.2. The molecule has 0 spiro atoms. The summed E-state index contributed by atoms with van der Waals surface area (Å²) < 4.78 is 43.2. The fourth-order valence-corrected chi connectivity index (χ4v) is 2.15. The van der Waals surface area contributed by atoms with Crippen molar-refractivity contribution in [3.8, 4) is 0 Å². The molecular weight excluding hydrogens is 287 g/mol. The molecule has 0 aromatic heterocycles. The van der Waals surface area contributed by atoms with Gasteiger partial charge in [-0.2, -0.15) is 0 Å². The summed E-state index contributed by atoms with van der Waals surface area (Å²) in [5, 5.41) is 9.21. The molecule has 98 valence electrons. The number of carboxylic acids is 1. The molecule has 1 aliphatic heterocycles. The van der Waals surface area contributed by atoms with E-state index in [9.17, 15) is 22.8 Å². The number of halogens is 3. The average molecular weight is 298 g/mol. The van der Waals surface area contributed by atoms with Gasteiger partial charge in [-0.25, -0.2) is 4.79 Å². The van der Waals surface area contributed by atoms with E-state index < -0.39 is 24.0 Å². The number of carbonyl (C=O) groups is 1. The first-order chi connectivity index (χ1) is 8.36. The summed E-state index contributed by atoms with van der Waals surface area (Å²) in [7, 11) is 0. The molecule has 1 fully saturated rings. The molecule has 1 atom stereocenters. The Bertz CT molecular complexity index is 472. The number of benzene rings is 1. The summed E-state index contributed by atoms with van der Waals surface area (Å²) in [6.07, 6.45) is 0.713. The van der Waals surface area contributed by atoms with Crippen LogP contribution in [-0.2, 0) is 15.1 Å². The van der Waals surface area contributed by atoms with Crippen molar-refractivity contribution in [2.45, 2.75) is 18.4 Å². The van der Waals surface area contributed by atoms with Gasteiger partial charge in [0.2, 0.25) is 0 Å². The van der Waals surface area contributed by atoms with Gasteiger partial charge in [-0.15, -0.1) is 5.46 Å². The second kappa shape index (κ2) is 6.28. The number of rotatable bonds is 3. The first-order valence-corrected chi connectivity index (χ1v) is 5.54. The minimum atomic E-state index is -5.14. The molecule has 19 heavy (non-hydrogen) atoms. The normalized spacial score (nSPS) is 22.9. The smallest absolute Gasteiger partial charge is 0.479 e. The van der Waals surface area contributed by atoms with Gasteiger partial charge in [0.15, 0.2) is 5.60 Å². The maximum Gasteiger partial charge on any atom is 1.00 e. The molecule has 0 amide bonds. The van der Waals surface area contributed by atoms with Crippen LogP contribution in [0.3, 0.4) is 0 Å². The Hall–Kier alpha value is 0.141. The van der Waals surface area contributed by atoms with Crippen molar-refractivity contribution >= 4 is 18.4 Å². The molecule has 1 saturated heterocycles. The van der Waals surface area contributed by atoms with Crippen molar-refractivity contribution in [2.24, 2.45) is 0 Å². The van der Waals surface area contributed by atoms with Crippen molar-refractivity contribution in [1.82, 2.24) is 0 Å². The van der Waals surface area contributed by atoms with E-state index in [2.05, 4.69) is 0 Å². The van der Waals surface area contributed by atoms with Crippen molar-refractivity contribution < 1.29 is 79.0 Å². The van der Waals surface area contributed by atoms with Gasteiger partial charge in [0.1, 0.15) is 0 Å². The Morgan fingerprint density at radius 1 is 1.37 bits per heavy atom. The van der Waals surface area contributed by atoms with E-state index in [0.717, 1.165) is 12.1 Å². The van der Waals surface area contributed by atoms with E-state index in [1.165, 1.54) is 12.1 Å². The molecule has 0 saturated carbocycles. The van der Waals surface area contributed by atoms with Crippen molar-refractivity contribution in [3.63, 3.8) is 0 Å². The van der Waals surface area contributed by atoms with Crippen molar-refractivity contribution in [1.29, 1.82) is 0 Å². The molecule has 3 nitrogen and oxygen atoms in total. The number of hydrogen-bond donors (Lipinski definition) is 1. The molecule has 1 aliphatic rings. The number of hydrogen-bond acceptors (Lipinski definition) is 2. The van der Waals surface area contributed by atoms with E-state index >= 15 is 0 Å². The maximum atomic E-state index is 12.7. The largest absolute Gasteiger partial charge is 1.00 e. The summed E-state index contributed by atoms with van der Waals surface area (Å²) in [5.74, 6) is -1.24. The van der Waals surface area contributed by atoms with E-state index in [1.54, 1.807) is 0 Å². The summed E-state index contributed by atoms with van der Waals surface area (Å²) in [6.45, 7) is -4.90. The van der Waals surface area contributed by atoms with Crippen LogP contribution in [0.2, 0.25) is 0 Å². The third-order valence-corrected chi connectivity index (χ3v) is 3.10. The minimum absolute atomic E-state index is 0. The predicted octanol–water partition coefficient (Wildman–Crippen LogP) is -1.16. The minimum Gasteiger partial charge on any atom is -0.479 e. The third-order valence-electron chi connectivity index (χ3n) is 3.10. The van der Waals surface area contributed by atoms with Crippen LogP contribution in [0.5, 0.6) is 0 Å². The fraction of sp³-hybridized carbons (Fsp3) is 0.364. The fourth-order valence-electron chi connectivity index (χ4n) is 2.15. The van der Waals surface area contributed by atoms with Crippen LogP contribution < -0.4 is 56.8 Å². The van der Waals surface area contributed by atoms with Gasteiger partial charge in [-0.1, -0.05) is 24.3 Å². The SMILES string of the molecule is O=C(O)C1(c2cccc([B-](F)(F)F)c2)CCCO1.[K+]. The molecule has 1 aromatic rings. The quantitative estimate of drug-likeness (QED) is 0.716. The molecule has 1 aromatic carbocycles. The summed E-state index contributed by atoms with van der Waals surface area (Å²) in [4.78, 5) is 11.3. The van der Waals surface area contributed by atoms with E-state index in [1.807, 2.05) is 0 Å². The predicted molar refractivity (Wildman–Crippen MR) is 59.7 cm³/mol. The van der Waals surface area contributed by atoms with Gasteiger partial charge in [-0.3, -0.25) is 0 Å². The topological polar surface area (TPSA) is 46.5 Å². The van der Waals surface area contributed by atoms with Gasteiger partial charge in [0, 0.05) is 6.61 Å². The molecule has 1 N–H and O–H groups in total. The van der Waals surface area contributed by atoms with Crippen LogP contribution in [0.25, 0.3) is 0 Å². The van der Waals surface area contributed by atoms with Gasteiger partial charge in [-0.05, 0) is 18.4 Å². The van der Waals surface area contributed by atoms with E-state index in [-0.39, 0.29) is 70.0 Å². The molecular formula is C11H11BF3KO3. The Morgan fingerprint density at radius 3 is 2.53 bits per heavy atom. The van der Waals surface area contributed by atoms with Gasteiger partial charge in [0.05, 0.1) is 0 Å². The summed E-state index contributed by atoms with van der Waals surface area (Å²) in [6, 6.07) is 4.39. The molecule has 0 bridgehead atoms. The molecule has 1 heterocycles. The van der Waals surface area contributed by atoms with Crippen molar-refractivity contribution in [2.75, 3.05) is 6.61 Å². The monoisotopic (exact) mass is 298 g/mol. The van der Waals surface area contributed by atoms with Gasteiger partial charge in [0.25, 0.3) is 0 Å². The molecule has 2 rings (SSSR count). The van der Waals surface area contributed by atoms with E-state index in [4.69, 9.17) is 4.74 Å². The zero-order valence-corrected chi connectivity index (χ0v) is 13.5. The summed E-state index contributed by atoms with van der Waals surface area (Å²) in [5.41, 5.74) is -2.37. The summed E-state index contributed by atoms with van der Waals surface area (Å²) >= 11 is 0. The van der Waals surface area contributed by atoms with Crippen LogP contribution in [-0.4, -0.2) is 24.7 Å². The second-order valence-corrected chi connectivity index (χ2v) is 4.28. The van der Waals surface area contributed by atoms with Crippen molar-refractivity contribution in [3.05, 3.63) is 29.8 Å². The standard InChI is InChI=1S/C11H11BF3O3.K/c13-12(14,15)9-4-1-3-8(7-9)11(10(16)17)5-2-6-18-11;/h1,3-4,7H,2,5-6H2,(H,16,17);/q-1;+1. The molecule has 0 aliphatic carbocycles. The zero-order valence-electron chi connectivity index (χ0n) is 10.4. The molecule has 8 heteroatoms. The maximum absolute atomic E-state index is 12.7. The first-order valence-electron chi connectivity index (χ1n) is 5.54. The average Bonchev–Trinajstić information content (AvgIpc) is 2.78. The third kappa shape index (κ3) is 3.43. The second-order valence-electron chi connectivity index (χ2n) is 4.28. The molecule has 0 radical (unpaired) electrons. The Balaban J connectivity index is 0.00000180. The number of aliphatic carboxylic acids is 1. The van der Waals surface area contributed by atoms with E-state index in [0.29, 0.717) is 6.42 Å². The number of ether oxygens (including phenoxy) is 1. The Kier molecular flexibility index (Phi) is 5.68. The van der Waals surface area contributed by atoms with Crippen LogP contribution in [0.15, 0.2) is 24.3 Å². The number of carboxylic acid groups (broad SMARTS) is 1. The van der Waals surface area contributed by atoms with Crippen LogP contribution >= 0.6 is 0 Å². The van der Waals surface area contributed by atoms with Crippen LogP contribution in [0.1, 0.15) is 18.4 Å². The molecule has 1 unspecified atom stereocenters.